The van der Waals surface area contributed by atoms with E-state index in [2.05, 4.69) is 14.9 Å². The predicted octanol–water partition coefficient (Wildman–Crippen LogP) is -0.0429. The van der Waals surface area contributed by atoms with Gasteiger partial charge in [0.05, 0.1) is 11.8 Å². The molecule has 0 aliphatic carbocycles. The molecule has 1 heterocycles. The standard InChI is InChI=1S/C7H11N3O2S/c1-4(11)3-8-7(12)6-5(2)9-10-13-6/h4,11H,3H2,1-2H3,(H,8,12)/t4-/m1/s1. The van der Waals surface area contributed by atoms with Crippen molar-refractivity contribution in [3.63, 3.8) is 0 Å². The van der Waals surface area contributed by atoms with Crippen LogP contribution in [0.1, 0.15) is 22.3 Å². The number of amides is 1. The second-order valence-corrected chi connectivity index (χ2v) is 3.50. The molecule has 1 aromatic rings. The number of nitrogens with one attached hydrogen (secondary N) is 1. The summed E-state index contributed by atoms with van der Waals surface area (Å²) in [6, 6.07) is 0. The molecule has 13 heavy (non-hydrogen) atoms. The highest BCUT2D eigenvalue weighted by molar-refractivity contribution is 7.07. The van der Waals surface area contributed by atoms with Gasteiger partial charge in [0.15, 0.2) is 0 Å². The summed E-state index contributed by atoms with van der Waals surface area (Å²) >= 11 is 1.05. The lowest BCUT2D eigenvalue weighted by molar-refractivity contribution is 0.0927. The normalized spacial score (nSPS) is 12.5. The van der Waals surface area contributed by atoms with Crippen molar-refractivity contribution >= 4 is 17.4 Å². The summed E-state index contributed by atoms with van der Waals surface area (Å²) in [5.74, 6) is -0.228. The van der Waals surface area contributed by atoms with E-state index in [0.717, 1.165) is 11.5 Å². The van der Waals surface area contributed by atoms with Gasteiger partial charge in [0.2, 0.25) is 0 Å². The molecule has 6 heteroatoms. The van der Waals surface area contributed by atoms with Gasteiger partial charge < -0.3 is 10.4 Å². The average Bonchev–Trinajstić information content (AvgIpc) is 2.47. The molecule has 0 unspecified atom stereocenters. The molecule has 0 spiro atoms. The summed E-state index contributed by atoms with van der Waals surface area (Å²) in [5.41, 5.74) is 0.619. The molecule has 1 rings (SSSR count). The van der Waals surface area contributed by atoms with E-state index in [9.17, 15) is 4.79 Å². The molecule has 0 saturated carbocycles. The zero-order valence-electron chi connectivity index (χ0n) is 7.44. The molecule has 1 amide bonds. The van der Waals surface area contributed by atoms with Crippen molar-refractivity contribution in [2.24, 2.45) is 0 Å². The van der Waals surface area contributed by atoms with Gasteiger partial charge in [-0.25, -0.2) is 0 Å². The van der Waals surface area contributed by atoms with Crippen molar-refractivity contribution in [3.8, 4) is 0 Å². The number of carbonyl (C=O) groups is 1. The summed E-state index contributed by atoms with van der Waals surface area (Å²) in [6.45, 7) is 3.58. The van der Waals surface area contributed by atoms with Crippen molar-refractivity contribution in [2.75, 3.05) is 6.54 Å². The molecule has 5 nitrogen and oxygen atoms in total. The highest BCUT2D eigenvalue weighted by Crippen LogP contribution is 2.07. The minimum Gasteiger partial charge on any atom is -0.392 e. The van der Waals surface area contributed by atoms with E-state index in [1.54, 1.807) is 13.8 Å². The lowest BCUT2D eigenvalue weighted by Crippen LogP contribution is -2.30. The summed E-state index contributed by atoms with van der Waals surface area (Å²) in [6.07, 6.45) is -0.537. The molecule has 0 saturated heterocycles. The second-order valence-electron chi connectivity index (χ2n) is 2.75. The van der Waals surface area contributed by atoms with Gasteiger partial charge in [-0.1, -0.05) is 4.49 Å². The van der Waals surface area contributed by atoms with Crippen LogP contribution in [0, 0.1) is 6.92 Å². The number of rotatable bonds is 3. The number of aryl methyl sites for hydroxylation is 1. The maximum absolute atomic E-state index is 11.3. The molecule has 72 valence electrons. The fourth-order valence-electron chi connectivity index (χ4n) is 0.760. The summed E-state index contributed by atoms with van der Waals surface area (Å²) < 4.78 is 3.64. The van der Waals surface area contributed by atoms with Gasteiger partial charge in [-0.05, 0) is 25.4 Å². The molecule has 0 aliphatic heterocycles. The van der Waals surface area contributed by atoms with Crippen molar-refractivity contribution in [1.29, 1.82) is 0 Å². The Kier molecular flexibility index (Phi) is 3.32. The van der Waals surface area contributed by atoms with Crippen LogP contribution in [0.3, 0.4) is 0 Å². The molecule has 0 aliphatic rings. The first-order valence-electron chi connectivity index (χ1n) is 3.86. The first-order valence-corrected chi connectivity index (χ1v) is 4.64. The monoisotopic (exact) mass is 201 g/mol. The largest absolute Gasteiger partial charge is 0.392 e. The molecule has 0 fully saturated rings. The summed E-state index contributed by atoms with van der Waals surface area (Å²) in [5, 5.41) is 15.2. The Balaban J connectivity index is 2.54. The van der Waals surface area contributed by atoms with Gasteiger partial charge in [-0.2, -0.15) is 0 Å². The Bertz CT molecular complexity index is 298. The second kappa shape index (κ2) is 4.29. The quantitative estimate of drug-likeness (QED) is 0.719. The Hall–Kier alpha value is -1.01. The zero-order valence-corrected chi connectivity index (χ0v) is 8.26. The topological polar surface area (TPSA) is 75.1 Å². The average molecular weight is 201 g/mol. The summed E-state index contributed by atoms with van der Waals surface area (Å²) in [4.78, 5) is 11.8. The van der Waals surface area contributed by atoms with Crippen molar-refractivity contribution < 1.29 is 9.90 Å². The van der Waals surface area contributed by atoms with Crippen LogP contribution in [0.2, 0.25) is 0 Å². The van der Waals surface area contributed by atoms with E-state index in [-0.39, 0.29) is 12.5 Å². The van der Waals surface area contributed by atoms with Crippen molar-refractivity contribution in [1.82, 2.24) is 14.9 Å². The highest BCUT2D eigenvalue weighted by Gasteiger charge is 2.12. The minimum absolute atomic E-state index is 0.228. The first kappa shape index (κ1) is 10.1. The minimum atomic E-state index is -0.537. The van der Waals surface area contributed by atoms with Gasteiger partial charge >= 0.3 is 0 Å². The molecule has 0 bridgehead atoms. The smallest absolute Gasteiger partial charge is 0.265 e. The van der Waals surface area contributed by atoms with Crippen molar-refractivity contribution in [3.05, 3.63) is 10.6 Å². The predicted molar refractivity (Wildman–Crippen MR) is 48.7 cm³/mol. The van der Waals surface area contributed by atoms with Gasteiger partial charge in [0, 0.05) is 6.54 Å². The number of aromatic nitrogens is 2. The maximum Gasteiger partial charge on any atom is 0.265 e. The van der Waals surface area contributed by atoms with E-state index < -0.39 is 6.10 Å². The van der Waals surface area contributed by atoms with E-state index in [1.165, 1.54) is 0 Å². The van der Waals surface area contributed by atoms with E-state index in [1.807, 2.05) is 0 Å². The van der Waals surface area contributed by atoms with E-state index in [0.29, 0.717) is 10.6 Å². The van der Waals surface area contributed by atoms with Crippen LogP contribution in [-0.4, -0.2) is 33.2 Å². The lowest BCUT2D eigenvalue weighted by atomic mass is 10.3. The Morgan fingerprint density at radius 2 is 2.46 bits per heavy atom. The van der Waals surface area contributed by atoms with Gasteiger partial charge in [0.1, 0.15) is 4.88 Å². The number of hydrogen-bond donors (Lipinski definition) is 2. The van der Waals surface area contributed by atoms with E-state index >= 15 is 0 Å². The first-order chi connectivity index (χ1) is 6.11. The number of aliphatic hydroxyl groups excluding tert-OH is 1. The fourth-order valence-corrected chi connectivity index (χ4v) is 1.33. The summed E-state index contributed by atoms with van der Waals surface area (Å²) in [7, 11) is 0. The molecular weight excluding hydrogens is 190 g/mol. The highest BCUT2D eigenvalue weighted by atomic mass is 32.1. The lowest BCUT2D eigenvalue weighted by Gasteiger charge is -2.04. The van der Waals surface area contributed by atoms with Crippen LogP contribution >= 0.6 is 11.5 Å². The van der Waals surface area contributed by atoms with Crippen LogP contribution in [0.4, 0.5) is 0 Å². The Labute approximate surface area is 80.0 Å². The molecule has 0 aromatic carbocycles. The van der Waals surface area contributed by atoms with Crippen LogP contribution < -0.4 is 5.32 Å². The third kappa shape index (κ3) is 2.74. The fraction of sp³-hybridized carbons (Fsp3) is 0.571. The van der Waals surface area contributed by atoms with Crippen LogP contribution in [0.25, 0.3) is 0 Å². The molecular formula is C7H11N3O2S. The Morgan fingerprint density at radius 1 is 1.77 bits per heavy atom. The van der Waals surface area contributed by atoms with Crippen LogP contribution in [0.15, 0.2) is 0 Å². The van der Waals surface area contributed by atoms with Gasteiger partial charge in [-0.3, -0.25) is 4.79 Å². The Morgan fingerprint density at radius 3 is 2.92 bits per heavy atom. The van der Waals surface area contributed by atoms with Crippen molar-refractivity contribution in [2.45, 2.75) is 20.0 Å². The van der Waals surface area contributed by atoms with Gasteiger partial charge in [0.25, 0.3) is 5.91 Å². The molecule has 2 N–H and O–H groups in total. The number of carbonyl (C=O) groups excluding carboxylic acids is 1. The SMILES string of the molecule is Cc1nnsc1C(=O)NC[C@@H](C)O. The van der Waals surface area contributed by atoms with Gasteiger partial charge in [-0.15, -0.1) is 5.10 Å². The number of hydrogen-bond acceptors (Lipinski definition) is 5. The number of aliphatic hydroxyl groups is 1. The molecule has 1 atom stereocenters. The zero-order chi connectivity index (χ0) is 9.84. The number of nitrogens with zero attached hydrogens (tertiary/aromatic N) is 2. The van der Waals surface area contributed by atoms with Crippen LogP contribution in [0.5, 0.6) is 0 Å². The molecule has 1 aromatic heterocycles. The van der Waals surface area contributed by atoms with E-state index in [4.69, 9.17) is 5.11 Å². The third-order valence-corrected chi connectivity index (χ3v) is 2.24. The third-order valence-electron chi connectivity index (χ3n) is 1.42. The molecule has 0 radical (unpaired) electrons. The van der Waals surface area contributed by atoms with Crippen LogP contribution in [-0.2, 0) is 0 Å². The maximum atomic E-state index is 11.3.